The minimum Gasteiger partial charge on any atom is -0.470 e. The average Bonchev–Trinajstić information content (AvgIpc) is 2.79. The van der Waals surface area contributed by atoms with Crippen LogP contribution in [-0.4, -0.2) is 29.8 Å². The fourth-order valence-corrected chi connectivity index (χ4v) is 2.47. The first-order chi connectivity index (χ1) is 9.39. The van der Waals surface area contributed by atoms with E-state index >= 15 is 0 Å². The lowest BCUT2D eigenvalue weighted by Gasteiger charge is -2.23. The van der Waals surface area contributed by atoms with E-state index in [9.17, 15) is 0 Å². The number of aromatic nitrogens is 1. The molecule has 1 aliphatic carbocycles. The van der Waals surface area contributed by atoms with Gasteiger partial charge in [0, 0.05) is 7.11 Å². The zero-order chi connectivity index (χ0) is 14.8. The van der Waals surface area contributed by atoms with Crippen molar-refractivity contribution in [3.63, 3.8) is 0 Å². The maximum absolute atomic E-state index is 5.92. The predicted octanol–water partition coefficient (Wildman–Crippen LogP) is 2.82. The van der Waals surface area contributed by atoms with Gasteiger partial charge in [-0.15, -0.1) is 0 Å². The molecule has 1 aromatic heterocycles. The zero-order valence-corrected chi connectivity index (χ0v) is 12.8. The normalized spacial score (nSPS) is 22.8. The van der Waals surface area contributed by atoms with E-state index in [4.69, 9.17) is 15.2 Å². The molecule has 0 spiro atoms. The van der Waals surface area contributed by atoms with Gasteiger partial charge < -0.3 is 20.5 Å². The number of hydrogen-bond donors (Lipinski definition) is 2. The van der Waals surface area contributed by atoms with Crippen LogP contribution in [0, 0.1) is 0 Å². The topological polar surface area (TPSA) is 69.4 Å². The molecule has 2 unspecified atom stereocenters. The second-order valence-corrected chi connectivity index (χ2v) is 6.26. The monoisotopic (exact) mass is 279 g/mol. The molecule has 1 heterocycles. The van der Waals surface area contributed by atoms with E-state index < -0.39 is 0 Å². The van der Waals surface area contributed by atoms with Crippen LogP contribution in [0.5, 0.6) is 5.88 Å². The molecule has 20 heavy (non-hydrogen) atoms. The van der Waals surface area contributed by atoms with Crippen molar-refractivity contribution in [3.8, 4) is 5.88 Å². The minimum atomic E-state index is -0.317. The summed E-state index contributed by atoms with van der Waals surface area (Å²) in [4.78, 5) is 4.48. The van der Waals surface area contributed by atoms with Crippen LogP contribution in [-0.2, 0) is 4.74 Å². The maximum atomic E-state index is 5.92. The largest absolute Gasteiger partial charge is 0.470 e. The molecule has 0 aliphatic heterocycles. The Morgan fingerprint density at radius 1 is 1.30 bits per heavy atom. The van der Waals surface area contributed by atoms with E-state index in [1.807, 2.05) is 32.9 Å². The SMILES string of the molecule is COC1CCCC1Nc1ccc(N)c(OC(C)(C)C)n1. The third kappa shape index (κ3) is 3.76. The van der Waals surface area contributed by atoms with Gasteiger partial charge in [0.25, 0.3) is 0 Å². The van der Waals surface area contributed by atoms with Crippen molar-refractivity contribution < 1.29 is 9.47 Å². The Kier molecular flexibility index (Phi) is 4.38. The minimum absolute atomic E-state index is 0.251. The van der Waals surface area contributed by atoms with Crippen LogP contribution in [0.1, 0.15) is 40.0 Å². The van der Waals surface area contributed by atoms with Crippen LogP contribution in [0.3, 0.4) is 0 Å². The molecule has 0 amide bonds. The molecule has 0 bridgehead atoms. The molecular weight excluding hydrogens is 254 g/mol. The zero-order valence-electron chi connectivity index (χ0n) is 12.8. The highest BCUT2D eigenvalue weighted by Gasteiger charge is 2.27. The van der Waals surface area contributed by atoms with Gasteiger partial charge in [0.2, 0.25) is 5.88 Å². The predicted molar refractivity (Wildman–Crippen MR) is 81.1 cm³/mol. The molecule has 0 radical (unpaired) electrons. The van der Waals surface area contributed by atoms with Crippen LogP contribution in [0.4, 0.5) is 11.5 Å². The second kappa shape index (κ2) is 5.87. The smallest absolute Gasteiger partial charge is 0.239 e. The third-order valence-electron chi connectivity index (χ3n) is 3.38. The number of nitrogens with zero attached hydrogens (tertiary/aromatic N) is 1. The fraction of sp³-hybridized carbons (Fsp3) is 0.667. The van der Waals surface area contributed by atoms with Crippen molar-refractivity contribution in [3.05, 3.63) is 12.1 Å². The number of ether oxygens (including phenoxy) is 2. The molecule has 5 nitrogen and oxygen atoms in total. The molecule has 0 aromatic carbocycles. The summed E-state index contributed by atoms with van der Waals surface area (Å²) in [6, 6.07) is 4.02. The Hall–Kier alpha value is -1.49. The van der Waals surface area contributed by atoms with Crippen molar-refractivity contribution in [2.75, 3.05) is 18.2 Å². The summed E-state index contributed by atoms with van der Waals surface area (Å²) in [5.74, 6) is 1.27. The van der Waals surface area contributed by atoms with Crippen molar-refractivity contribution in [2.24, 2.45) is 0 Å². The van der Waals surface area contributed by atoms with E-state index in [0.29, 0.717) is 17.6 Å². The Morgan fingerprint density at radius 2 is 2.05 bits per heavy atom. The Morgan fingerprint density at radius 3 is 2.70 bits per heavy atom. The van der Waals surface area contributed by atoms with Crippen LogP contribution in [0.15, 0.2) is 12.1 Å². The molecule has 2 atom stereocenters. The number of nitrogens with one attached hydrogen (secondary N) is 1. The van der Waals surface area contributed by atoms with Gasteiger partial charge in [-0.1, -0.05) is 0 Å². The van der Waals surface area contributed by atoms with Crippen LogP contribution in [0.25, 0.3) is 0 Å². The van der Waals surface area contributed by atoms with Gasteiger partial charge in [0.1, 0.15) is 11.4 Å². The van der Waals surface area contributed by atoms with E-state index in [1.165, 1.54) is 6.42 Å². The van der Waals surface area contributed by atoms with Gasteiger partial charge in [-0.25, -0.2) is 0 Å². The Labute approximate surface area is 120 Å². The van der Waals surface area contributed by atoms with Gasteiger partial charge in [-0.3, -0.25) is 0 Å². The van der Waals surface area contributed by atoms with Crippen LogP contribution < -0.4 is 15.8 Å². The van der Waals surface area contributed by atoms with Crippen molar-refractivity contribution in [2.45, 2.75) is 57.8 Å². The van der Waals surface area contributed by atoms with Crippen LogP contribution in [0.2, 0.25) is 0 Å². The van der Waals surface area contributed by atoms with E-state index in [0.717, 1.165) is 18.7 Å². The number of rotatable bonds is 4. The van der Waals surface area contributed by atoms with Crippen molar-refractivity contribution >= 4 is 11.5 Å². The summed E-state index contributed by atoms with van der Waals surface area (Å²) in [7, 11) is 1.76. The molecule has 1 aliphatic rings. The number of pyridine rings is 1. The highest BCUT2D eigenvalue weighted by atomic mass is 16.5. The van der Waals surface area contributed by atoms with E-state index in [1.54, 1.807) is 7.11 Å². The van der Waals surface area contributed by atoms with E-state index in [2.05, 4.69) is 10.3 Å². The van der Waals surface area contributed by atoms with Gasteiger partial charge in [0.05, 0.1) is 17.8 Å². The fourth-order valence-electron chi connectivity index (χ4n) is 2.47. The van der Waals surface area contributed by atoms with E-state index in [-0.39, 0.29) is 11.7 Å². The van der Waals surface area contributed by atoms with Crippen LogP contribution >= 0.6 is 0 Å². The van der Waals surface area contributed by atoms with Crippen molar-refractivity contribution in [1.82, 2.24) is 4.98 Å². The summed E-state index contributed by atoms with van der Waals surface area (Å²) in [5, 5.41) is 3.42. The molecule has 1 fully saturated rings. The lowest BCUT2D eigenvalue weighted by molar-refractivity contribution is 0.101. The highest BCUT2D eigenvalue weighted by Crippen LogP contribution is 2.28. The highest BCUT2D eigenvalue weighted by molar-refractivity contribution is 5.54. The summed E-state index contributed by atoms with van der Waals surface area (Å²) in [5.41, 5.74) is 6.16. The summed E-state index contributed by atoms with van der Waals surface area (Å²) >= 11 is 0. The lowest BCUT2D eigenvalue weighted by atomic mass is 10.2. The van der Waals surface area contributed by atoms with Gasteiger partial charge >= 0.3 is 0 Å². The number of hydrogen-bond acceptors (Lipinski definition) is 5. The molecule has 5 heteroatoms. The van der Waals surface area contributed by atoms with Crippen molar-refractivity contribution in [1.29, 1.82) is 0 Å². The first kappa shape index (κ1) is 14.9. The Bertz CT molecular complexity index is 457. The molecule has 2 rings (SSSR count). The number of nitrogen functional groups attached to an aromatic ring is 1. The quantitative estimate of drug-likeness (QED) is 0.887. The standard InChI is InChI=1S/C15H25N3O2/c1-15(2,3)20-14-10(16)8-9-13(18-14)17-11-6-5-7-12(11)19-4/h8-9,11-12H,5-7,16H2,1-4H3,(H,17,18). The first-order valence-corrected chi connectivity index (χ1v) is 7.14. The average molecular weight is 279 g/mol. The third-order valence-corrected chi connectivity index (χ3v) is 3.38. The summed E-state index contributed by atoms with van der Waals surface area (Å²) < 4.78 is 11.3. The number of nitrogens with two attached hydrogens (primary N) is 1. The van der Waals surface area contributed by atoms with Gasteiger partial charge in [-0.2, -0.15) is 4.98 Å². The molecular formula is C15H25N3O2. The number of anilines is 2. The van der Waals surface area contributed by atoms with Gasteiger partial charge in [0.15, 0.2) is 0 Å². The molecule has 0 saturated heterocycles. The Balaban J connectivity index is 2.11. The lowest BCUT2D eigenvalue weighted by Crippen LogP contribution is -2.30. The second-order valence-electron chi connectivity index (χ2n) is 6.26. The maximum Gasteiger partial charge on any atom is 0.239 e. The van der Waals surface area contributed by atoms with Gasteiger partial charge in [-0.05, 0) is 52.2 Å². The molecule has 1 saturated carbocycles. The summed E-state index contributed by atoms with van der Waals surface area (Å²) in [6.45, 7) is 5.93. The molecule has 3 N–H and O–H groups in total. The molecule has 112 valence electrons. The summed E-state index contributed by atoms with van der Waals surface area (Å²) in [6.07, 6.45) is 3.62. The number of methoxy groups -OCH3 is 1. The molecule has 1 aromatic rings. The first-order valence-electron chi connectivity index (χ1n) is 7.14.